The molecular weight excluding hydrogens is 200 g/mol. The minimum atomic E-state index is -0.217. The zero-order valence-electron chi connectivity index (χ0n) is 10.4. The van der Waals surface area contributed by atoms with Gasteiger partial charge in [-0.25, -0.2) is 0 Å². The molecule has 0 aliphatic carbocycles. The van der Waals surface area contributed by atoms with E-state index in [0.29, 0.717) is 0 Å². The highest BCUT2D eigenvalue weighted by atomic mass is 16.2. The van der Waals surface area contributed by atoms with Crippen LogP contribution in [0.3, 0.4) is 0 Å². The third kappa shape index (κ3) is 3.93. The summed E-state index contributed by atoms with van der Waals surface area (Å²) in [4.78, 5) is 11.7. The Hall–Kier alpha value is -1.51. The summed E-state index contributed by atoms with van der Waals surface area (Å²) < 4.78 is 0. The Morgan fingerprint density at radius 1 is 1.12 bits per heavy atom. The van der Waals surface area contributed by atoms with Gasteiger partial charge in [0.2, 0.25) is 5.91 Å². The van der Waals surface area contributed by atoms with Gasteiger partial charge in [-0.05, 0) is 39.8 Å². The average molecular weight is 220 g/mol. The molecule has 0 aliphatic heterocycles. The molecule has 0 radical (unpaired) electrons. The van der Waals surface area contributed by atoms with E-state index >= 15 is 0 Å². The maximum Gasteiger partial charge on any atom is 0.242 e. The van der Waals surface area contributed by atoms with Crippen LogP contribution in [0.4, 0.5) is 5.69 Å². The monoisotopic (exact) mass is 220 g/mol. The van der Waals surface area contributed by atoms with E-state index in [-0.39, 0.29) is 18.0 Å². The highest BCUT2D eigenvalue weighted by molar-refractivity contribution is 5.84. The van der Waals surface area contributed by atoms with Crippen molar-refractivity contribution in [3.63, 3.8) is 0 Å². The van der Waals surface area contributed by atoms with Crippen molar-refractivity contribution in [1.29, 1.82) is 0 Å². The second kappa shape index (κ2) is 5.54. The van der Waals surface area contributed by atoms with E-state index < -0.39 is 0 Å². The highest BCUT2D eigenvalue weighted by Crippen LogP contribution is 2.09. The predicted octanol–water partition coefficient (Wildman–Crippen LogP) is 2.32. The summed E-state index contributed by atoms with van der Waals surface area (Å²) in [5, 5.41) is 6.03. The SMILES string of the molecule is Cc1ccc(NC(C)C(=O)NC(C)C)cc1. The third-order valence-corrected chi connectivity index (χ3v) is 2.26. The Morgan fingerprint density at radius 3 is 2.19 bits per heavy atom. The Kier molecular flexibility index (Phi) is 4.35. The van der Waals surface area contributed by atoms with Crippen LogP contribution in [0, 0.1) is 6.92 Å². The van der Waals surface area contributed by atoms with Crippen molar-refractivity contribution in [2.24, 2.45) is 0 Å². The van der Waals surface area contributed by atoms with Crippen LogP contribution in [0.2, 0.25) is 0 Å². The van der Waals surface area contributed by atoms with Crippen LogP contribution in [0.1, 0.15) is 26.3 Å². The summed E-state index contributed by atoms with van der Waals surface area (Å²) in [6, 6.07) is 7.97. The summed E-state index contributed by atoms with van der Waals surface area (Å²) in [5.74, 6) is 0.0237. The van der Waals surface area contributed by atoms with Crippen LogP contribution in [0.25, 0.3) is 0 Å². The number of aryl methyl sites for hydroxylation is 1. The van der Waals surface area contributed by atoms with Gasteiger partial charge in [0.25, 0.3) is 0 Å². The molecule has 0 heterocycles. The molecule has 0 aromatic heterocycles. The molecule has 2 N–H and O–H groups in total. The van der Waals surface area contributed by atoms with Crippen LogP contribution in [-0.2, 0) is 4.79 Å². The molecule has 0 bridgehead atoms. The summed E-state index contributed by atoms with van der Waals surface area (Å²) in [6.07, 6.45) is 0. The molecular formula is C13H20N2O. The number of nitrogens with one attached hydrogen (secondary N) is 2. The minimum absolute atomic E-state index is 0.0237. The van der Waals surface area contributed by atoms with E-state index in [2.05, 4.69) is 10.6 Å². The van der Waals surface area contributed by atoms with Gasteiger partial charge >= 0.3 is 0 Å². The van der Waals surface area contributed by atoms with Crippen molar-refractivity contribution in [2.45, 2.75) is 39.8 Å². The van der Waals surface area contributed by atoms with Gasteiger partial charge in [-0.2, -0.15) is 0 Å². The molecule has 88 valence electrons. The molecule has 1 amide bonds. The standard InChI is InChI=1S/C13H20N2O/c1-9(2)14-13(16)11(4)15-12-7-5-10(3)6-8-12/h5-9,11,15H,1-4H3,(H,14,16). The molecule has 0 aliphatic rings. The molecule has 0 spiro atoms. The molecule has 3 heteroatoms. The van der Waals surface area contributed by atoms with Crippen molar-refractivity contribution in [2.75, 3.05) is 5.32 Å². The second-order valence-corrected chi connectivity index (χ2v) is 4.40. The first kappa shape index (κ1) is 12.6. The Labute approximate surface area is 97.2 Å². The number of anilines is 1. The molecule has 1 aromatic carbocycles. The lowest BCUT2D eigenvalue weighted by atomic mass is 10.2. The van der Waals surface area contributed by atoms with Crippen molar-refractivity contribution in [1.82, 2.24) is 5.32 Å². The van der Waals surface area contributed by atoms with E-state index in [1.807, 2.05) is 52.0 Å². The third-order valence-electron chi connectivity index (χ3n) is 2.26. The van der Waals surface area contributed by atoms with E-state index in [9.17, 15) is 4.79 Å². The van der Waals surface area contributed by atoms with Crippen LogP contribution in [0.15, 0.2) is 24.3 Å². The highest BCUT2D eigenvalue weighted by Gasteiger charge is 2.12. The second-order valence-electron chi connectivity index (χ2n) is 4.40. The molecule has 3 nitrogen and oxygen atoms in total. The van der Waals surface area contributed by atoms with E-state index in [1.54, 1.807) is 0 Å². The fraction of sp³-hybridized carbons (Fsp3) is 0.462. The maximum atomic E-state index is 11.7. The van der Waals surface area contributed by atoms with Crippen molar-refractivity contribution in [3.8, 4) is 0 Å². The van der Waals surface area contributed by atoms with Crippen LogP contribution in [-0.4, -0.2) is 18.0 Å². The number of benzene rings is 1. The first-order valence-electron chi connectivity index (χ1n) is 5.62. The summed E-state index contributed by atoms with van der Waals surface area (Å²) in [6.45, 7) is 7.81. The smallest absolute Gasteiger partial charge is 0.242 e. The quantitative estimate of drug-likeness (QED) is 0.817. The minimum Gasteiger partial charge on any atom is -0.374 e. The number of carbonyl (C=O) groups is 1. The number of amides is 1. The summed E-state index contributed by atoms with van der Waals surface area (Å²) in [5.41, 5.74) is 2.18. The molecule has 0 saturated carbocycles. The zero-order valence-corrected chi connectivity index (χ0v) is 10.4. The molecule has 1 atom stereocenters. The fourth-order valence-electron chi connectivity index (χ4n) is 1.37. The normalized spacial score (nSPS) is 12.3. The zero-order chi connectivity index (χ0) is 12.1. The topological polar surface area (TPSA) is 41.1 Å². The Morgan fingerprint density at radius 2 is 1.69 bits per heavy atom. The molecule has 1 unspecified atom stereocenters. The fourth-order valence-corrected chi connectivity index (χ4v) is 1.37. The van der Waals surface area contributed by atoms with E-state index in [1.165, 1.54) is 5.56 Å². The van der Waals surface area contributed by atoms with Gasteiger partial charge in [0.1, 0.15) is 6.04 Å². The van der Waals surface area contributed by atoms with Crippen LogP contribution >= 0.6 is 0 Å². The first-order valence-corrected chi connectivity index (χ1v) is 5.62. The predicted molar refractivity (Wildman–Crippen MR) is 67.5 cm³/mol. The number of hydrogen-bond donors (Lipinski definition) is 2. The van der Waals surface area contributed by atoms with Gasteiger partial charge < -0.3 is 10.6 Å². The molecule has 1 aromatic rings. The molecule has 1 rings (SSSR count). The molecule has 0 saturated heterocycles. The molecule has 16 heavy (non-hydrogen) atoms. The number of rotatable bonds is 4. The lowest BCUT2D eigenvalue weighted by Crippen LogP contribution is -2.40. The van der Waals surface area contributed by atoms with Crippen molar-refractivity contribution >= 4 is 11.6 Å². The van der Waals surface area contributed by atoms with Crippen LogP contribution in [0.5, 0.6) is 0 Å². The largest absolute Gasteiger partial charge is 0.374 e. The van der Waals surface area contributed by atoms with Gasteiger partial charge in [0.05, 0.1) is 0 Å². The lowest BCUT2D eigenvalue weighted by Gasteiger charge is -2.17. The Bertz CT molecular complexity index is 343. The first-order chi connectivity index (χ1) is 7.49. The van der Waals surface area contributed by atoms with Crippen molar-refractivity contribution in [3.05, 3.63) is 29.8 Å². The van der Waals surface area contributed by atoms with Gasteiger partial charge in [-0.3, -0.25) is 4.79 Å². The number of hydrogen-bond acceptors (Lipinski definition) is 2. The summed E-state index contributed by atoms with van der Waals surface area (Å²) >= 11 is 0. The van der Waals surface area contributed by atoms with Gasteiger partial charge in [-0.15, -0.1) is 0 Å². The molecule has 0 fully saturated rings. The maximum absolute atomic E-state index is 11.7. The van der Waals surface area contributed by atoms with Crippen molar-refractivity contribution < 1.29 is 4.79 Å². The lowest BCUT2D eigenvalue weighted by molar-refractivity contribution is -0.122. The van der Waals surface area contributed by atoms with Gasteiger partial charge in [-0.1, -0.05) is 17.7 Å². The van der Waals surface area contributed by atoms with Gasteiger partial charge in [0.15, 0.2) is 0 Å². The average Bonchev–Trinajstić information content (AvgIpc) is 2.20. The van der Waals surface area contributed by atoms with E-state index in [4.69, 9.17) is 0 Å². The summed E-state index contributed by atoms with van der Waals surface area (Å²) in [7, 11) is 0. The number of carbonyl (C=O) groups excluding carboxylic acids is 1. The Balaban J connectivity index is 2.53. The van der Waals surface area contributed by atoms with Gasteiger partial charge in [0, 0.05) is 11.7 Å². The van der Waals surface area contributed by atoms with E-state index in [0.717, 1.165) is 5.69 Å². The van der Waals surface area contributed by atoms with Crippen LogP contribution < -0.4 is 10.6 Å².